The first-order valence-corrected chi connectivity index (χ1v) is 13.2. The van der Waals surface area contributed by atoms with E-state index in [4.69, 9.17) is 14.2 Å². The summed E-state index contributed by atoms with van der Waals surface area (Å²) in [6.07, 6.45) is -0.328. The summed E-state index contributed by atoms with van der Waals surface area (Å²) >= 11 is 0. The van der Waals surface area contributed by atoms with Gasteiger partial charge in [0.05, 0.1) is 26.4 Å². The van der Waals surface area contributed by atoms with Crippen molar-refractivity contribution in [1.82, 2.24) is 4.90 Å². The van der Waals surface area contributed by atoms with Crippen LogP contribution in [0.25, 0.3) is 0 Å². The van der Waals surface area contributed by atoms with Gasteiger partial charge in [-0.05, 0) is 37.5 Å². The summed E-state index contributed by atoms with van der Waals surface area (Å²) in [6, 6.07) is 20.9. The molecule has 2 aromatic rings. The Labute approximate surface area is 207 Å². The average molecular weight is 504 g/mol. The molecule has 0 bridgehead atoms. The van der Waals surface area contributed by atoms with Crippen molar-refractivity contribution in [3.05, 3.63) is 82.9 Å². The highest BCUT2D eigenvalue weighted by Gasteiger charge is 2.32. The Bertz CT molecular complexity index is 983. The SMILES string of the molecule is CC(C(=O)O)=C1CN(C(c2ccccc2)c2ccccc2)C1.CCOP(=O)(CC(=O)OC)OCC. The Morgan fingerprint density at radius 2 is 1.40 bits per heavy atom. The second-order valence-electron chi connectivity index (χ2n) is 7.84. The molecule has 1 aliphatic rings. The lowest BCUT2D eigenvalue weighted by Gasteiger charge is -2.41. The van der Waals surface area contributed by atoms with E-state index in [1.807, 2.05) is 36.4 Å². The zero-order valence-corrected chi connectivity index (χ0v) is 21.6. The number of likely N-dealkylation sites (tertiary alicyclic amines) is 1. The van der Waals surface area contributed by atoms with Crippen molar-refractivity contribution in [1.29, 1.82) is 0 Å². The van der Waals surface area contributed by atoms with Crippen LogP contribution in [0.3, 0.4) is 0 Å². The van der Waals surface area contributed by atoms with Crippen molar-refractivity contribution in [2.75, 3.05) is 39.6 Å². The van der Waals surface area contributed by atoms with Crippen LogP contribution in [0.1, 0.15) is 37.9 Å². The molecule has 0 amide bonds. The number of benzene rings is 2. The summed E-state index contributed by atoms with van der Waals surface area (Å²) in [4.78, 5) is 24.2. The molecule has 35 heavy (non-hydrogen) atoms. The van der Waals surface area contributed by atoms with Gasteiger partial charge in [0.1, 0.15) is 6.16 Å². The standard InChI is InChI=1S/C19H19NO2.C7H15O5P/c1-14(19(21)22)17-12-20(13-17)18(15-8-4-2-5-9-15)16-10-6-3-7-11-16;1-4-11-13(9,12-5-2)6-7(8)10-3/h2-11,18H,12-13H2,1H3,(H,21,22);4-6H2,1-3H3. The number of carboxylic acids is 1. The van der Waals surface area contributed by atoms with Gasteiger partial charge in [0.2, 0.25) is 0 Å². The summed E-state index contributed by atoms with van der Waals surface area (Å²) in [5.74, 6) is -1.41. The fourth-order valence-corrected chi connectivity index (χ4v) is 5.13. The summed E-state index contributed by atoms with van der Waals surface area (Å²) in [5.41, 5.74) is 3.97. The topological polar surface area (TPSA) is 102 Å². The molecule has 3 rings (SSSR count). The number of aliphatic carboxylic acids is 1. The van der Waals surface area contributed by atoms with Crippen molar-refractivity contribution in [3.8, 4) is 0 Å². The summed E-state index contributed by atoms with van der Waals surface area (Å²) in [7, 11) is -2.04. The fraction of sp³-hybridized carbons (Fsp3) is 0.385. The third kappa shape index (κ3) is 8.44. The molecule has 0 spiro atoms. The molecule has 0 unspecified atom stereocenters. The molecular formula is C26H34NO7P. The highest BCUT2D eigenvalue weighted by molar-refractivity contribution is 7.54. The maximum Gasteiger partial charge on any atom is 0.341 e. The third-order valence-corrected chi connectivity index (χ3v) is 7.39. The molecule has 0 atom stereocenters. The molecule has 190 valence electrons. The second-order valence-corrected chi connectivity index (χ2v) is 9.90. The number of nitrogens with zero attached hydrogens (tertiary/aromatic N) is 1. The van der Waals surface area contributed by atoms with Crippen LogP contribution in [0.2, 0.25) is 0 Å². The fourth-order valence-electron chi connectivity index (χ4n) is 3.64. The van der Waals surface area contributed by atoms with E-state index in [1.54, 1.807) is 20.8 Å². The van der Waals surface area contributed by atoms with Crippen LogP contribution in [-0.2, 0) is 27.9 Å². The minimum absolute atomic E-state index is 0.174. The average Bonchev–Trinajstić information content (AvgIpc) is 2.82. The van der Waals surface area contributed by atoms with E-state index in [-0.39, 0.29) is 25.4 Å². The highest BCUT2D eigenvalue weighted by Crippen LogP contribution is 2.47. The first-order chi connectivity index (χ1) is 16.7. The summed E-state index contributed by atoms with van der Waals surface area (Å²) < 4.78 is 25.8. The molecule has 2 aromatic carbocycles. The van der Waals surface area contributed by atoms with E-state index < -0.39 is 19.5 Å². The molecule has 1 N–H and O–H groups in total. The molecule has 1 heterocycles. The lowest BCUT2D eigenvalue weighted by Crippen LogP contribution is -2.44. The lowest BCUT2D eigenvalue weighted by atomic mass is 9.91. The van der Waals surface area contributed by atoms with Gasteiger partial charge in [0.25, 0.3) is 0 Å². The number of rotatable bonds is 10. The molecule has 0 saturated carbocycles. The second kappa shape index (κ2) is 14.0. The monoisotopic (exact) mass is 503 g/mol. The van der Waals surface area contributed by atoms with Crippen molar-refractivity contribution in [3.63, 3.8) is 0 Å². The van der Waals surface area contributed by atoms with Crippen molar-refractivity contribution < 1.29 is 33.0 Å². The molecule has 0 aliphatic carbocycles. The largest absolute Gasteiger partial charge is 0.478 e. The first-order valence-electron chi connectivity index (χ1n) is 11.4. The Hall–Kier alpha value is -2.77. The number of carbonyl (C=O) groups is 2. The number of carboxylic acid groups (broad SMARTS) is 1. The molecule has 1 saturated heterocycles. The zero-order chi connectivity index (χ0) is 25.8. The minimum atomic E-state index is -3.27. The molecule has 8 nitrogen and oxygen atoms in total. The van der Waals surface area contributed by atoms with Gasteiger partial charge in [-0.15, -0.1) is 0 Å². The van der Waals surface area contributed by atoms with Crippen molar-refractivity contribution >= 4 is 19.5 Å². The Morgan fingerprint density at radius 1 is 0.943 bits per heavy atom. The van der Waals surface area contributed by atoms with Gasteiger partial charge in [-0.25, -0.2) is 4.79 Å². The quantitative estimate of drug-likeness (QED) is 0.277. The van der Waals surface area contributed by atoms with Crippen molar-refractivity contribution in [2.45, 2.75) is 26.8 Å². The number of ether oxygens (including phenoxy) is 1. The van der Waals surface area contributed by atoms with Gasteiger partial charge in [-0.3, -0.25) is 14.3 Å². The van der Waals surface area contributed by atoms with Crippen LogP contribution in [0, 0.1) is 0 Å². The molecule has 1 aliphatic heterocycles. The van der Waals surface area contributed by atoms with Crippen molar-refractivity contribution in [2.24, 2.45) is 0 Å². The lowest BCUT2D eigenvalue weighted by molar-refractivity contribution is -0.138. The van der Waals surface area contributed by atoms with Crippen LogP contribution in [0.15, 0.2) is 71.8 Å². The van der Waals surface area contributed by atoms with Gasteiger partial charge in [0.15, 0.2) is 0 Å². The molecular weight excluding hydrogens is 469 g/mol. The Balaban J connectivity index is 0.000000287. The van der Waals surface area contributed by atoms with E-state index in [0.29, 0.717) is 18.7 Å². The Morgan fingerprint density at radius 3 is 1.77 bits per heavy atom. The van der Waals surface area contributed by atoms with E-state index in [9.17, 15) is 14.2 Å². The van der Waals surface area contributed by atoms with E-state index in [0.717, 1.165) is 5.57 Å². The van der Waals surface area contributed by atoms with E-state index >= 15 is 0 Å². The number of carbonyl (C=O) groups excluding carboxylic acids is 1. The normalized spacial score (nSPS) is 13.5. The molecule has 0 radical (unpaired) electrons. The van der Waals surface area contributed by atoms with Crippen LogP contribution >= 0.6 is 7.60 Å². The van der Waals surface area contributed by atoms with Crippen LogP contribution in [0.5, 0.6) is 0 Å². The number of esters is 1. The van der Waals surface area contributed by atoms with Crippen LogP contribution in [-0.4, -0.2) is 61.5 Å². The Kier molecular flexibility index (Phi) is 11.3. The smallest absolute Gasteiger partial charge is 0.341 e. The van der Waals surface area contributed by atoms with E-state index in [2.05, 4.69) is 33.9 Å². The molecule has 9 heteroatoms. The van der Waals surface area contributed by atoms with Gasteiger partial charge < -0.3 is 18.9 Å². The van der Waals surface area contributed by atoms with Gasteiger partial charge >= 0.3 is 19.5 Å². The zero-order valence-electron chi connectivity index (χ0n) is 20.7. The van der Waals surface area contributed by atoms with Crippen LogP contribution < -0.4 is 0 Å². The van der Waals surface area contributed by atoms with Gasteiger partial charge in [-0.1, -0.05) is 60.7 Å². The highest BCUT2D eigenvalue weighted by atomic mass is 31.2. The summed E-state index contributed by atoms with van der Waals surface area (Å²) in [6.45, 7) is 6.97. The summed E-state index contributed by atoms with van der Waals surface area (Å²) in [5, 5.41) is 9.10. The number of hydrogen-bond donors (Lipinski definition) is 1. The minimum Gasteiger partial charge on any atom is -0.478 e. The predicted molar refractivity (Wildman–Crippen MR) is 134 cm³/mol. The molecule has 1 fully saturated rings. The first kappa shape index (κ1) is 28.5. The predicted octanol–water partition coefficient (Wildman–Crippen LogP) is 4.92. The van der Waals surface area contributed by atoms with Gasteiger partial charge in [-0.2, -0.15) is 0 Å². The van der Waals surface area contributed by atoms with Gasteiger partial charge in [0, 0.05) is 18.7 Å². The van der Waals surface area contributed by atoms with E-state index in [1.165, 1.54) is 18.2 Å². The maximum absolute atomic E-state index is 11.6. The van der Waals surface area contributed by atoms with Crippen LogP contribution in [0.4, 0.5) is 0 Å². The third-order valence-electron chi connectivity index (χ3n) is 5.44. The number of methoxy groups -OCH3 is 1. The number of hydrogen-bond acceptors (Lipinski definition) is 7. The molecule has 0 aromatic heterocycles. The maximum atomic E-state index is 11.6.